The van der Waals surface area contributed by atoms with E-state index in [1.165, 1.54) is 19.5 Å². The number of hydrogen-bond donors (Lipinski definition) is 2. The molecule has 0 aliphatic carbocycles. The Morgan fingerprint density at radius 2 is 1.83 bits per heavy atom. The van der Waals surface area contributed by atoms with E-state index in [9.17, 15) is 0 Å². The van der Waals surface area contributed by atoms with Crippen LogP contribution in [0.4, 0.5) is 0 Å². The normalized spacial score (nSPS) is 32.6. The molecule has 2 aliphatic heterocycles. The van der Waals surface area contributed by atoms with Crippen molar-refractivity contribution in [2.45, 2.75) is 84.0 Å². The predicted octanol–water partition coefficient (Wildman–Crippen LogP) is 2.29. The monoisotopic (exact) mass is 324 g/mol. The fourth-order valence-corrected chi connectivity index (χ4v) is 4.00. The third kappa shape index (κ3) is 4.91. The van der Waals surface area contributed by atoms with Crippen LogP contribution in [0.1, 0.15) is 61.3 Å². The largest absolute Gasteiger partial charge is 0.324 e. The standard InChI is InChI=1S/C19H40N4/c1-15(16-8-10-22(12-16)17(2,3)4)21-13-18(5,6)23-11-9-19(7,20)14-23/h15-16,21H,8-14,20H2,1-7H3/t15?,16-,19?/m0/s1. The highest BCUT2D eigenvalue weighted by Crippen LogP contribution is 2.28. The van der Waals surface area contributed by atoms with Crippen molar-refractivity contribution in [1.82, 2.24) is 15.1 Å². The van der Waals surface area contributed by atoms with Crippen LogP contribution in [0.5, 0.6) is 0 Å². The van der Waals surface area contributed by atoms with Gasteiger partial charge in [-0.3, -0.25) is 9.80 Å². The van der Waals surface area contributed by atoms with E-state index in [1.54, 1.807) is 0 Å². The molecule has 0 radical (unpaired) electrons. The van der Waals surface area contributed by atoms with Gasteiger partial charge in [0.25, 0.3) is 0 Å². The molecule has 136 valence electrons. The summed E-state index contributed by atoms with van der Waals surface area (Å²) in [4.78, 5) is 5.18. The Morgan fingerprint density at radius 1 is 1.17 bits per heavy atom. The van der Waals surface area contributed by atoms with Gasteiger partial charge in [0, 0.05) is 48.8 Å². The van der Waals surface area contributed by atoms with Gasteiger partial charge < -0.3 is 11.1 Å². The summed E-state index contributed by atoms with van der Waals surface area (Å²) in [6.45, 7) is 21.9. The fraction of sp³-hybridized carbons (Fsp3) is 1.00. The van der Waals surface area contributed by atoms with Crippen molar-refractivity contribution in [2.24, 2.45) is 11.7 Å². The molecule has 3 atom stereocenters. The Morgan fingerprint density at radius 3 is 2.30 bits per heavy atom. The van der Waals surface area contributed by atoms with Crippen LogP contribution in [0.3, 0.4) is 0 Å². The number of rotatable bonds is 5. The minimum atomic E-state index is -0.0124. The second-order valence-electron chi connectivity index (χ2n) is 9.97. The topological polar surface area (TPSA) is 44.5 Å². The molecule has 0 aromatic carbocycles. The van der Waals surface area contributed by atoms with Gasteiger partial charge in [0.2, 0.25) is 0 Å². The molecule has 3 N–H and O–H groups in total. The Kier molecular flexibility index (Phi) is 5.52. The first kappa shape index (κ1) is 19.2. The predicted molar refractivity (Wildman–Crippen MR) is 99.8 cm³/mol. The van der Waals surface area contributed by atoms with Crippen LogP contribution in [-0.4, -0.2) is 65.2 Å². The summed E-state index contributed by atoms with van der Waals surface area (Å²) in [5, 5.41) is 3.83. The lowest BCUT2D eigenvalue weighted by Crippen LogP contribution is -2.54. The summed E-state index contributed by atoms with van der Waals surface area (Å²) in [7, 11) is 0. The molecule has 0 amide bonds. The molecular formula is C19H40N4. The van der Waals surface area contributed by atoms with E-state index in [0.29, 0.717) is 11.6 Å². The maximum Gasteiger partial charge on any atom is 0.0278 e. The van der Waals surface area contributed by atoms with Crippen LogP contribution in [0.15, 0.2) is 0 Å². The van der Waals surface area contributed by atoms with Gasteiger partial charge in [-0.15, -0.1) is 0 Å². The minimum Gasteiger partial charge on any atom is -0.324 e. The van der Waals surface area contributed by atoms with Gasteiger partial charge in [0.15, 0.2) is 0 Å². The highest BCUT2D eigenvalue weighted by molar-refractivity contribution is 4.98. The lowest BCUT2D eigenvalue weighted by Gasteiger charge is -2.38. The second-order valence-corrected chi connectivity index (χ2v) is 9.97. The van der Waals surface area contributed by atoms with Crippen molar-refractivity contribution < 1.29 is 0 Å². The molecule has 4 heteroatoms. The lowest BCUT2D eigenvalue weighted by atomic mass is 9.97. The molecule has 23 heavy (non-hydrogen) atoms. The Bertz CT molecular complexity index is 397. The minimum absolute atomic E-state index is 0.0124. The van der Waals surface area contributed by atoms with Crippen molar-refractivity contribution >= 4 is 0 Å². The molecule has 2 unspecified atom stereocenters. The average Bonchev–Trinajstić information content (AvgIpc) is 3.02. The van der Waals surface area contributed by atoms with Gasteiger partial charge in [-0.2, -0.15) is 0 Å². The SMILES string of the molecule is CC(NCC(C)(C)N1CCC(C)(N)C1)[C@H]1CCN(C(C)(C)C)C1. The van der Waals surface area contributed by atoms with Gasteiger partial charge in [-0.05, 0) is 73.8 Å². The average molecular weight is 325 g/mol. The summed E-state index contributed by atoms with van der Waals surface area (Å²) >= 11 is 0. The van der Waals surface area contributed by atoms with Gasteiger partial charge in [0.05, 0.1) is 0 Å². The maximum atomic E-state index is 6.31. The van der Waals surface area contributed by atoms with Crippen molar-refractivity contribution in [3.63, 3.8) is 0 Å². The highest BCUT2D eigenvalue weighted by atomic mass is 15.3. The first-order valence-electron chi connectivity index (χ1n) is 9.43. The summed E-state index contributed by atoms with van der Waals surface area (Å²) in [5.74, 6) is 0.767. The number of nitrogens with zero attached hydrogens (tertiary/aromatic N) is 2. The molecule has 0 aromatic heterocycles. The van der Waals surface area contributed by atoms with Crippen LogP contribution in [0.2, 0.25) is 0 Å². The van der Waals surface area contributed by atoms with Crippen molar-refractivity contribution in [3.8, 4) is 0 Å². The number of nitrogens with one attached hydrogen (secondary N) is 1. The van der Waals surface area contributed by atoms with Gasteiger partial charge in [-0.25, -0.2) is 0 Å². The van der Waals surface area contributed by atoms with Gasteiger partial charge in [-0.1, -0.05) is 0 Å². The Balaban J connectivity index is 1.81. The molecular weight excluding hydrogens is 284 g/mol. The Labute approximate surface area is 144 Å². The smallest absolute Gasteiger partial charge is 0.0278 e. The molecule has 0 spiro atoms. The van der Waals surface area contributed by atoms with Crippen LogP contribution < -0.4 is 11.1 Å². The molecule has 2 aliphatic rings. The fourth-order valence-electron chi connectivity index (χ4n) is 4.00. The van der Waals surface area contributed by atoms with E-state index in [1.807, 2.05) is 0 Å². The zero-order valence-corrected chi connectivity index (χ0v) is 16.6. The molecule has 2 rings (SSSR count). The zero-order valence-electron chi connectivity index (χ0n) is 16.6. The third-order valence-electron chi connectivity index (χ3n) is 6.10. The molecule has 4 nitrogen and oxygen atoms in total. The van der Waals surface area contributed by atoms with E-state index >= 15 is 0 Å². The molecule has 2 heterocycles. The van der Waals surface area contributed by atoms with Crippen LogP contribution in [0, 0.1) is 5.92 Å². The van der Waals surface area contributed by atoms with E-state index < -0.39 is 0 Å². The van der Waals surface area contributed by atoms with E-state index in [-0.39, 0.29) is 11.1 Å². The molecule has 0 aromatic rings. The lowest BCUT2D eigenvalue weighted by molar-refractivity contribution is 0.133. The number of nitrogens with two attached hydrogens (primary N) is 1. The number of likely N-dealkylation sites (tertiary alicyclic amines) is 2. The van der Waals surface area contributed by atoms with E-state index in [4.69, 9.17) is 5.73 Å². The summed E-state index contributed by atoms with van der Waals surface area (Å²) < 4.78 is 0. The first-order chi connectivity index (χ1) is 10.4. The van der Waals surface area contributed by atoms with Crippen molar-refractivity contribution in [3.05, 3.63) is 0 Å². The molecule has 0 bridgehead atoms. The maximum absolute atomic E-state index is 6.31. The molecule has 2 fully saturated rings. The Hall–Kier alpha value is -0.160. The number of hydrogen-bond acceptors (Lipinski definition) is 4. The molecule has 0 saturated carbocycles. The van der Waals surface area contributed by atoms with Gasteiger partial charge in [0.1, 0.15) is 0 Å². The van der Waals surface area contributed by atoms with E-state index in [0.717, 1.165) is 32.0 Å². The summed E-state index contributed by atoms with van der Waals surface area (Å²) in [5.41, 5.74) is 6.77. The summed E-state index contributed by atoms with van der Waals surface area (Å²) in [6.07, 6.45) is 2.42. The highest BCUT2D eigenvalue weighted by Gasteiger charge is 2.38. The van der Waals surface area contributed by atoms with Crippen LogP contribution >= 0.6 is 0 Å². The van der Waals surface area contributed by atoms with Crippen molar-refractivity contribution in [2.75, 3.05) is 32.7 Å². The van der Waals surface area contributed by atoms with Crippen molar-refractivity contribution in [1.29, 1.82) is 0 Å². The zero-order chi connectivity index (χ0) is 17.5. The summed E-state index contributed by atoms with van der Waals surface area (Å²) in [6, 6.07) is 0.577. The second kappa shape index (κ2) is 6.62. The van der Waals surface area contributed by atoms with Crippen LogP contribution in [0.25, 0.3) is 0 Å². The first-order valence-corrected chi connectivity index (χ1v) is 9.43. The van der Waals surface area contributed by atoms with Gasteiger partial charge >= 0.3 is 0 Å². The van der Waals surface area contributed by atoms with Crippen LogP contribution in [-0.2, 0) is 0 Å². The third-order valence-corrected chi connectivity index (χ3v) is 6.10. The van der Waals surface area contributed by atoms with E-state index in [2.05, 4.69) is 63.6 Å². The quantitative estimate of drug-likeness (QED) is 0.814. The molecule has 2 saturated heterocycles.